The number of ketones is 2. The van der Waals surface area contributed by atoms with Gasteiger partial charge in [-0.3, -0.25) is 19.2 Å². The molecule has 0 unspecified atom stereocenters. The van der Waals surface area contributed by atoms with Crippen molar-refractivity contribution in [3.05, 3.63) is 68.9 Å². The summed E-state index contributed by atoms with van der Waals surface area (Å²) in [7, 11) is 0. The van der Waals surface area contributed by atoms with Crippen LogP contribution < -0.4 is 21.3 Å². The summed E-state index contributed by atoms with van der Waals surface area (Å²) in [5.74, 6) is -7.72. The molecule has 14 nitrogen and oxygen atoms in total. The maximum absolute atomic E-state index is 12.5. The second-order valence-electron chi connectivity index (χ2n) is 12.9. The van der Waals surface area contributed by atoms with Crippen LogP contribution in [0, 0.1) is 0 Å². The summed E-state index contributed by atoms with van der Waals surface area (Å²) in [6.45, 7) is 4.39. The number of carboxylic acid groups (broad SMARTS) is 2. The third-order valence-corrected chi connectivity index (χ3v) is 9.25. The van der Waals surface area contributed by atoms with Crippen LogP contribution in [0.3, 0.4) is 0 Å². The maximum Gasteiger partial charge on any atom is 0.490 e. The number of Topliss-reactive ketones (excluding diaryl/α,β-unsaturated/α-hetero) is 2. The molecule has 2 aromatic carbocycles. The van der Waals surface area contributed by atoms with Gasteiger partial charge in [-0.15, -0.1) is 0 Å². The van der Waals surface area contributed by atoms with E-state index in [0.29, 0.717) is 24.2 Å². The van der Waals surface area contributed by atoms with Gasteiger partial charge in [0.2, 0.25) is 0 Å². The molecular weight excluding hydrogens is 942 g/mol. The molecule has 4 aromatic rings. The highest BCUT2D eigenvalue weighted by atomic mass is 79.9. The van der Waals surface area contributed by atoms with Crippen molar-refractivity contribution in [2.45, 2.75) is 63.7 Å². The van der Waals surface area contributed by atoms with Gasteiger partial charge >= 0.3 is 24.3 Å². The zero-order chi connectivity index (χ0) is 44.9. The summed E-state index contributed by atoms with van der Waals surface area (Å²) >= 11 is 6.81. The highest BCUT2D eigenvalue weighted by Crippen LogP contribution is 2.24. The van der Waals surface area contributed by atoms with Crippen molar-refractivity contribution in [2.75, 3.05) is 39.3 Å². The lowest BCUT2D eigenvalue weighted by molar-refractivity contribution is -0.193. The number of halogens is 8. The normalized spacial score (nSPS) is 11.3. The van der Waals surface area contributed by atoms with Crippen LogP contribution in [0.4, 0.5) is 26.3 Å². The summed E-state index contributed by atoms with van der Waals surface area (Å²) < 4.78 is 65.3. The number of aliphatic carboxylic acids is 2. The molecule has 0 aliphatic rings. The number of carbonyl (C=O) groups excluding carboxylic acids is 4. The Labute approximate surface area is 356 Å². The lowest BCUT2D eigenvalue weighted by Gasteiger charge is -2.07. The molecule has 0 atom stereocenters. The molecule has 0 bridgehead atoms. The molecule has 0 spiro atoms. The van der Waals surface area contributed by atoms with Crippen LogP contribution in [0.5, 0.6) is 0 Å². The number of hydrogen-bond donors (Lipinski definition) is 8. The molecule has 2 heterocycles. The number of hydrogen-bond acceptors (Lipinski definition) is 8. The van der Waals surface area contributed by atoms with Crippen molar-refractivity contribution in [1.82, 2.24) is 31.2 Å². The first-order valence-corrected chi connectivity index (χ1v) is 20.0. The van der Waals surface area contributed by atoms with E-state index in [-0.39, 0.29) is 0 Å². The predicted octanol–water partition coefficient (Wildman–Crippen LogP) is 7.04. The average molecular weight is 987 g/mol. The highest BCUT2D eigenvalue weighted by molar-refractivity contribution is 9.10. The number of carbonyl (C=O) groups is 6. The van der Waals surface area contributed by atoms with Gasteiger partial charge in [-0.05, 0) is 76.1 Å². The predicted molar refractivity (Wildman–Crippen MR) is 217 cm³/mol. The minimum absolute atomic E-state index is 0.388. The molecule has 0 saturated carbocycles. The standard InChI is InChI=1S/C34H42Br2N6O4.2C2HF3O2/c35-23-9-11-25-27(21-41-29(25)19-23)31(43)33(45)39-17-7-15-37-13-5-3-1-2-4-6-14-38-16-8-18-40-34(46)32(44)28-22-42-30-20-24(36)10-12-26(28)30;2*3-2(4,5)1(6)7/h9-12,19-22,37-38,41-42H,1-8,13-18H2,(H,39,45)(H,40,46);2*(H,6,7). The minimum atomic E-state index is -5.08. The molecule has 0 aliphatic heterocycles. The number of nitrogens with one attached hydrogen (secondary N) is 6. The number of fused-ring (bicyclic) bond motifs is 2. The summed E-state index contributed by atoms with van der Waals surface area (Å²) in [6.07, 6.45) is 1.55. The topological polar surface area (TPSA) is 223 Å². The van der Waals surface area contributed by atoms with Crippen LogP contribution in [0.25, 0.3) is 21.8 Å². The second kappa shape index (κ2) is 25.7. The van der Waals surface area contributed by atoms with Crippen LogP contribution >= 0.6 is 31.9 Å². The van der Waals surface area contributed by atoms with Crippen molar-refractivity contribution < 1.29 is 65.3 Å². The van der Waals surface area contributed by atoms with Crippen LogP contribution in [-0.4, -0.2) is 107 Å². The first kappa shape index (κ1) is 51.3. The Morgan fingerprint density at radius 2 is 0.833 bits per heavy atom. The Balaban J connectivity index is 0.000000758. The fraction of sp³-hybridized carbons (Fsp3) is 0.421. The van der Waals surface area contributed by atoms with E-state index in [9.17, 15) is 45.5 Å². The van der Waals surface area contributed by atoms with Gasteiger partial charge in [0.25, 0.3) is 23.4 Å². The van der Waals surface area contributed by atoms with Gasteiger partial charge in [0.05, 0.1) is 11.1 Å². The third kappa shape index (κ3) is 18.6. The molecule has 22 heteroatoms. The number of aromatic amines is 2. The van der Waals surface area contributed by atoms with E-state index in [1.807, 2.05) is 36.4 Å². The number of H-pyrrole nitrogens is 2. The number of unbranched alkanes of at least 4 members (excludes halogenated alkanes) is 5. The van der Waals surface area contributed by atoms with E-state index < -0.39 is 47.7 Å². The first-order valence-electron chi connectivity index (χ1n) is 18.4. The molecule has 0 fully saturated rings. The molecule has 0 radical (unpaired) electrons. The van der Waals surface area contributed by atoms with Crippen LogP contribution in [0.1, 0.15) is 72.1 Å². The van der Waals surface area contributed by atoms with E-state index in [0.717, 1.165) is 82.6 Å². The zero-order valence-corrected chi connectivity index (χ0v) is 35.1. The summed E-state index contributed by atoms with van der Waals surface area (Å²) in [5, 5.41) is 28.0. The van der Waals surface area contributed by atoms with Crippen molar-refractivity contribution in [2.24, 2.45) is 0 Å². The van der Waals surface area contributed by atoms with Crippen LogP contribution in [0.15, 0.2) is 57.7 Å². The summed E-state index contributed by atoms with van der Waals surface area (Å²) in [4.78, 5) is 73.5. The van der Waals surface area contributed by atoms with Gasteiger partial charge in [0.1, 0.15) is 0 Å². The Hall–Kier alpha value is -4.80. The van der Waals surface area contributed by atoms with Gasteiger partial charge in [-0.1, -0.05) is 69.7 Å². The van der Waals surface area contributed by atoms with Crippen LogP contribution in [0.2, 0.25) is 0 Å². The monoisotopic (exact) mass is 984 g/mol. The van der Waals surface area contributed by atoms with E-state index in [2.05, 4.69) is 63.1 Å². The number of rotatable bonds is 21. The largest absolute Gasteiger partial charge is 0.490 e. The Morgan fingerprint density at radius 1 is 0.517 bits per heavy atom. The number of amides is 2. The molecule has 60 heavy (non-hydrogen) atoms. The molecule has 2 aromatic heterocycles. The molecular formula is C38H44Br2F6N6O8. The smallest absolute Gasteiger partial charge is 0.475 e. The average Bonchev–Trinajstić information content (AvgIpc) is 3.80. The lowest BCUT2D eigenvalue weighted by Crippen LogP contribution is -2.33. The van der Waals surface area contributed by atoms with Crippen molar-refractivity contribution in [3.8, 4) is 0 Å². The van der Waals surface area contributed by atoms with E-state index in [1.165, 1.54) is 25.7 Å². The number of benzene rings is 2. The van der Waals surface area contributed by atoms with Crippen molar-refractivity contribution in [3.63, 3.8) is 0 Å². The fourth-order valence-corrected chi connectivity index (χ4v) is 5.99. The second-order valence-corrected chi connectivity index (χ2v) is 14.7. The van der Waals surface area contributed by atoms with E-state index >= 15 is 0 Å². The lowest BCUT2D eigenvalue weighted by atomic mass is 10.1. The quantitative estimate of drug-likeness (QED) is 0.0184. The van der Waals surface area contributed by atoms with E-state index in [4.69, 9.17) is 19.8 Å². The minimum Gasteiger partial charge on any atom is -0.475 e. The Bertz CT molecular complexity index is 1910. The molecule has 4 rings (SSSR count). The Kier molecular flexibility index (Phi) is 22.0. The third-order valence-electron chi connectivity index (χ3n) is 8.26. The van der Waals surface area contributed by atoms with Crippen molar-refractivity contribution in [1.29, 1.82) is 0 Å². The van der Waals surface area contributed by atoms with Gasteiger partial charge in [0, 0.05) is 56.2 Å². The molecule has 0 saturated heterocycles. The van der Waals surface area contributed by atoms with Crippen molar-refractivity contribution >= 4 is 89.0 Å². The SMILES string of the molecule is O=C(NCCCNCCCCCCCCNCCCNC(=O)C(=O)c1c[nH]c2cc(Br)ccc12)C(=O)c1c[nH]c2cc(Br)ccc12.O=C(O)C(F)(F)F.O=C(O)C(F)(F)F. The fourth-order valence-electron chi connectivity index (χ4n) is 5.27. The zero-order valence-electron chi connectivity index (χ0n) is 31.9. The Morgan fingerprint density at radius 3 is 1.17 bits per heavy atom. The van der Waals surface area contributed by atoms with Crippen LogP contribution in [-0.2, 0) is 19.2 Å². The van der Waals surface area contributed by atoms with Gasteiger partial charge in [-0.2, -0.15) is 26.3 Å². The maximum atomic E-state index is 12.5. The van der Waals surface area contributed by atoms with Gasteiger partial charge in [0.15, 0.2) is 0 Å². The highest BCUT2D eigenvalue weighted by Gasteiger charge is 2.39. The van der Waals surface area contributed by atoms with Gasteiger partial charge in [-0.25, -0.2) is 9.59 Å². The summed E-state index contributed by atoms with van der Waals surface area (Å²) in [6, 6.07) is 11.1. The summed E-state index contributed by atoms with van der Waals surface area (Å²) in [5.41, 5.74) is 2.40. The molecule has 2 amide bonds. The van der Waals surface area contributed by atoms with E-state index in [1.54, 1.807) is 12.4 Å². The number of aromatic nitrogens is 2. The van der Waals surface area contributed by atoms with Gasteiger partial charge < -0.3 is 41.4 Å². The molecule has 330 valence electrons. The number of carboxylic acids is 2. The number of alkyl halides is 6. The molecule has 8 N–H and O–H groups in total. The first-order chi connectivity index (χ1) is 28.2. The molecule has 0 aliphatic carbocycles.